The van der Waals surface area contributed by atoms with Gasteiger partial charge in [0.2, 0.25) is 5.91 Å². The molecular weight excluding hydrogens is 309 g/mol. The number of carbonyl (C=O) groups is 1. The first kappa shape index (κ1) is 16.5. The summed E-state index contributed by atoms with van der Waals surface area (Å²) < 4.78 is 18.1. The second-order valence-electron chi connectivity index (χ2n) is 6.01. The van der Waals surface area contributed by atoms with Crippen LogP contribution in [0.4, 0.5) is 4.39 Å². The summed E-state index contributed by atoms with van der Waals surface area (Å²) in [6, 6.07) is 9.50. The lowest BCUT2D eigenvalue weighted by molar-refractivity contribution is -0.127. The van der Waals surface area contributed by atoms with Gasteiger partial charge in [0.05, 0.1) is 12.4 Å². The Morgan fingerprint density at radius 3 is 2.58 bits per heavy atom. The maximum Gasteiger partial charge on any atom is 0.246 e. The highest BCUT2D eigenvalue weighted by molar-refractivity contribution is 5.91. The maximum atomic E-state index is 13.0. The number of hydrogen-bond donors (Lipinski definition) is 1. The van der Waals surface area contributed by atoms with Crippen LogP contribution in [0.2, 0.25) is 0 Å². The van der Waals surface area contributed by atoms with Crippen molar-refractivity contribution in [2.75, 3.05) is 13.1 Å². The van der Waals surface area contributed by atoms with E-state index in [2.05, 4.69) is 0 Å². The first-order chi connectivity index (χ1) is 11.6. The smallest absolute Gasteiger partial charge is 0.246 e. The third kappa shape index (κ3) is 3.92. The monoisotopic (exact) mass is 329 g/mol. The van der Waals surface area contributed by atoms with Gasteiger partial charge in [-0.1, -0.05) is 12.1 Å². The first-order valence-electron chi connectivity index (χ1n) is 8.07. The lowest BCUT2D eigenvalue weighted by Crippen LogP contribution is -2.38. The SMILES string of the molecule is O=C(/C=C\c1ccco1)N1CCC([C@H](O)c2ccc(F)cc2)CC1. The Bertz CT molecular complexity index is 686. The van der Waals surface area contributed by atoms with E-state index in [4.69, 9.17) is 4.42 Å². The molecule has 2 aromatic rings. The minimum Gasteiger partial charge on any atom is -0.465 e. The number of aliphatic hydroxyl groups excluding tert-OH is 1. The molecule has 1 amide bonds. The average molecular weight is 329 g/mol. The molecule has 24 heavy (non-hydrogen) atoms. The van der Waals surface area contributed by atoms with Crippen LogP contribution in [0.15, 0.2) is 53.2 Å². The van der Waals surface area contributed by atoms with Crippen LogP contribution in [0.3, 0.4) is 0 Å². The van der Waals surface area contributed by atoms with Crippen molar-refractivity contribution in [3.8, 4) is 0 Å². The zero-order valence-corrected chi connectivity index (χ0v) is 13.3. The van der Waals surface area contributed by atoms with Crippen molar-refractivity contribution in [3.05, 3.63) is 65.9 Å². The summed E-state index contributed by atoms with van der Waals surface area (Å²) in [4.78, 5) is 13.9. The van der Waals surface area contributed by atoms with Crippen molar-refractivity contribution in [2.24, 2.45) is 5.92 Å². The molecule has 0 aliphatic carbocycles. The van der Waals surface area contributed by atoms with E-state index in [1.807, 2.05) is 0 Å². The fourth-order valence-electron chi connectivity index (χ4n) is 3.01. The highest BCUT2D eigenvalue weighted by Gasteiger charge is 2.27. The predicted molar refractivity (Wildman–Crippen MR) is 88.4 cm³/mol. The molecule has 0 saturated carbocycles. The molecule has 4 nitrogen and oxygen atoms in total. The van der Waals surface area contributed by atoms with Gasteiger partial charge in [0, 0.05) is 19.2 Å². The van der Waals surface area contributed by atoms with E-state index in [9.17, 15) is 14.3 Å². The zero-order chi connectivity index (χ0) is 16.9. The van der Waals surface area contributed by atoms with Crippen molar-refractivity contribution in [1.29, 1.82) is 0 Å². The lowest BCUT2D eigenvalue weighted by Gasteiger charge is -2.33. The number of rotatable bonds is 4. The molecule has 1 aliphatic rings. The molecule has 1 aliphatic heterocycles. The normalized spacial score (nSPS) is 17.3. The van der Waals surface area contributed by atoms with Gasteiger partial charge in [-0.3, -0.25) is 4.79 Å². The van der Waals surface area contributed by atoms with E-state index < -0.39 is 6.10 Å². The van der Waals surface area contributed by atoms with E-state index in [1.54, 1.807) is 41.5 Å². The number of halogens is 1. The van der Waals surface area contributed by atoms with E-state index >= 15 is 0 Å². The van der Waals surface area contributed by atoms with Gasteiger partial charge in [0.25, 0.3) is 0 Å². The molecule has 3 rings (SSSR count). The summed E-state index contributed by atoms with van der Waals surface area (Å²) in [5, 5.41) is 10.4. The van der Waals surface area contributed by atoms with Crippen molar-refractivity contribution in [1.82, 2.24) is 4.90 Å². The van der Waals surface area contributed by atoms with Crippen LogP contribution in [0.1, 0.15) is 30.3 Å². The molecule has 0 radical (unpaired) electrons. The number of aliphatic hydroxyl groups is 1. The number of furan rings is 1. The molecule has 1 aromatic carbocycles. The number of benzene rings is 1. The van der Waals surface area contributed by atoms with Gasteiger partial charge in [-0.25, -0.2) is 4.39 Å². The summed E-state index contributed by atoms with van der Waals surface area (Å²) >= 11 is 0. The molecule has 1 aromatic heterocycles. The van der Waals surface area contributed by atoms with E-state index in [0.717, 1.165) is 18.4 Å². The first-order valence-corrected chi connectivity index (χ1v) is 8.07. The van der Waals surface area contributed by atoms with Crippen molar-refractivity contribution in [3.63, 3.8) is 0 Å². The summed E-state index contributed by atoms with van der Waals surface area (Å²) in [5.41, 5.74) is 0.721. The zero-order valence-electron chi connectivity index (χ0n) is 13.3. The van der Waals surface area contributed by atoms with Crippen LogP contribution in [-0.2, 0) is 4.79 Å². The van der Waals surface area contributed by atoms with Crippen molar-refractivity contribution < 1.29 is 18.7 Å². The number of piperidine rings is 1. The largest absolute Gasteiger partial charge is 0.465 e. The number of amides is 1. The Labute approximate surface area is 140 Å². The average Bonchev–Trinajstić information content (AvgIpc) is 3.13. The van der Waals surface area contributed by atoms with Gasteiger partial charge in [0.1, 0.15) is 11.6 Å². The van der Waals surface area contributed by atoms with E-state index in [1.165, 1.54) is 18.2 Å². The molecule has 0 bridgehead atoms. The molecule has 1 atom stereocenters. The Morgan fingerprint density at radius 2 is 1.96 bits per heavy atom. The molecule has 5 heteroatoms. The molecule has 1 N–H and O–H groups in total. The fraction of sp³-hybridized carbons (Fsp3) is 0.316. The van der Waals surface area contributed by atoms with Crippen LogP contribution in [0.5, 0.6) is 0 Å². The number of nitrogens with zero attached hydrogens (tertiary/aromatic N) is 1. The standard InChI is InChI=1S/C19H20FNO3/c20-16-5-3-14(4-6-16)19(23)15-9-11-21(12-10-15)18(22)8-7-17-2-1-13-24-17/h1-8,13,15,19,23H,9-12H2/b8-7-/t19-/m1/s1. The van der Waals surface area contributed by atoms with Gasteiger partial charge < -0.3 is 14.4 Å². The van der Waals surface area contributed by atoms with Crippen LogP contribution >= 0.6 is 0 Å². The number of carbonyl (C=O) groups excluding carboxylic acids is 1. The van der Waals surface area contributed by atoms with Gasteiger partial charge in [-0.15, -0.1) is 0 Å². The summed E-state index contributed by atoms with van der Waals surface area (Å²) in [6.07, 6.45) is 5.54. The molecule has 0 spiro atoms. The minimum atomic E-state index is -0.624. The van der Waals surface area contributed by atoms with Crippen LogP contribution < -0.4 is 0 Å². The Morgan fingerprint density at radius 1 is 1.25 bits per heavy atom. The van der Waals surface area contributed by atoms with Crippen LogP contribution in [0.25, 0.3) is 6.08 Å². The maximum absolute atomic E-state index is 13.0. The minimum absolute atomic E-state index is 0.0545. The van der Waals surface area contributed by atoms with Gasteiger partial charge in [-0.2, -0.15) is 0 Å². The summed E-state index contributed by atoms with van der Waals surface area (Å²) in [6.45, 7) is 1.20. The lowest BCUT2D eigenvalue weighted by atomic mass is 9.87. The molecule has 1 fully saturated rings. The second-order valence-corrected chi connectivity index (χ2v) is 6.01. The van der Waals surface area contributed by atoms with Gasteiger partial charge in [0.15, 0.2) is 0 Å². The second kappa shape index (κ2) is 7.45. The highest BCUT2D eigenvalue weighted by atomic mass is 19.1. The molecule has 2 heterocycles. The van der Waals surface area contributed by atoms with Gasteiger partial charge in [-0.05, 0) is 54.7 Å². The highest BCUT2D eigenvalue weighted by Crippen LogP contribution is 2.30. The molecule has 126 valence electrons. The summed E-state index contributed by atoms with van der Waals surface area (Å²) in [5.74, 6) is 0.356. The van der Waals surface area contributed by atoms with Crippen molar-refractivity contribution >= 4 is 12.0 Å². The van der Waals surface area contributed by atoms with Crippen LogP contribution in [-0.4, -0.2) is 29.0 Å². The molecule has 1 saturated heterocycles. The third-order valence-electron chi connectivity index (χ3n) is 4.44. The van der Waals surface area contributed by atoms with E-state index in [-0.39, 0.29) is 17.6 Å². The number of hydrogen-bond acceptors (Lipinski definition) is 3. The predicted octanol–water partition coefficient (Wildman–Crippen LogP) is 3.40. The third-order valence-corrected chi connectivity index (χ3v) is 4.44. The van der Waals surface area contributed by atoms with Crippen LogP contribution in [0, 0.1) is 11.7 Å². The fourth-order valence-corrected chi connectivity index (χ4v) is 3.01. The Kier molecular flexibility index (Phi) is 5.11. The quantitative estimate of drug-likeness (QED) is 0.875. The Hall–Kier alpha value is -2.40. The van der Waals surface area contributed by atoms with E-state index in [0.29, 0.717) is 18.8 Å². The van der Waals surface area contributed by atoms with Crippen molar-refractivity contribution in [2.45, 2.75) is 18.9 Å². The number of likely N-dealkylation sites (tertiary alicyclic amines) is 1. The summed E-state index contributed by atoms with van der Waals surface area (Å²) in [7, 11) is 0. The van der Waals surface area contributed by atoms with Gasteiger partial charge >= 0.3 is 0 Å². The molecular formula is C19H20FNO3. The Balaban J connectivity index is 1.53. The molecule has 0 unspecified atom stereocenters. The topological polar surface area (TPSA) is 53.7 Å².